The fraction of sp³-hybridized carbons (Fsp3) is 0.0769. The van der Waals surface area contributed by atoms with Crippen LogP contribution in [0.15, 0.2) is 47.4 Å². The van der Waals surface area contributed by atoms with E-state index in [1.165, 1.54) is 29.2 Å². The zero-order chi connectivity index (χ0) is 16.5. The van der Waals surface area contributed by atoms with Gasteiger partial charge in [0.1, 0.15) is 11.4 Å². The summed E-state index contributed by atoms with van der Waals surface area (Å²) in [6, 6.07) is 9.47. The Labute approximate surface area is 126 Å². The molecule has 0 fully saturated rings. The largest absolute Gasteiger partial charge is 0.508 e. The minimum absolute atomic E-state index is 0.0659. The second-order valence-corrected chi connectivity index (χ2v) is 6.09. The molecule has 0 saturated carbocycles. The number of rotatable bonds is 4. The Balaban J connectivity index is 2.55. The summed E-state index contributed by atoms with van der Waals surface area (Å²) in [5, 5.41) is 25.5. The third-order valence-electron chi connectivity index (χ3n) is 3.07. The zero-order valence-electron chi connectivity index (χ0n) is 11.5. The van der Waals surface area contributed by atoms with E-state index < -0.39 is 14.9 Å². The van der Waals surface area contributed by atoms with Crippen molar-refractivity contribution in [3.05, 3.63) is 52.6 Å². The molecule has 2 rings (SSSR count). The van der Waals surface area contributed by atoms with Gasteiger partial charge >= 0.3 is 0 Å². The molecule has 0 heterocycles. The van der Waals surface area contributed by atoms with Crippen molar-refractivity contribution in [1.29, 1.82) is 0 Å². The van der Waals surface area contributed by atoms with Crippen LogP contribution in [0.1, 0.15) is 0 Å². The first-order chi connectivity index (χ1) is 10.2. The standard InChI is InChI=1S/C13H13N3O5S/c1-15(9-2-4-10(17)5-3-9)12-7-6-11(22(14,20)21)8-13(12)16(18)19/h2-8,17H,1H3,(H2,14,20,21). The first kappa shape index (κ1) is 15.7. The fourth-order valence-electron chi connectivity index (χ4n) is 1.93. The average Bonchev–Trinajstić information content (AvgIpc) is 2.45. The summed E-state index contributed by atoms with van der Waals surface area (Å²) in [6.07, 6.45) is 0. The molecule has 0 spiro atoms. The van der Waals surface area contributed by atoms with Gasteiger partial charge in [0.05, 0.1) is 9.82 Å². The van der Waals surface area contributed by atoms with Crippen LogP contribution in [0.4, 0.5) is 17.1 Å². The SMILES string of the molecule is CN(c1ccc(O)cc1)c1ccc(S(N)(=O)=O)cc1[N+](=O)[O-]. The van der Waals surface area contributed by atoms with Gasteiger partial charge in [-0.3, -0.25) is 10.1 Å². The molecule has 0 aromatic heterocycles. The Kier molecular flexibility index (Phi) is 4.02. The number of nitrogens with two attached hydrogens (primary N) is 1. The van der Waals surface area contributed by atoms with E-state index in [1.807, 2.05) is 0 Å². The molecular weight excluding hydrogens is 310 g/mol. The number of nitro benzene ring substituents is 1. The molecule has 2 aromatic rings. The first-order valence-electron chi connectivity index (χ1n) is 6.04. The van der Waals surface area contributed by atoms with Crippen molar-refractivity contribution in [3.8, 4) is 5.75 Å². The maximum absolute atomic E-state index is 11.3. The van der Waals surface area contributed by atoms with E-state index in [1.54, 1.807) is 19.2 Å². The smallest absolute Gasteiger partial charge is 0.294 e. The molecule has 0 radical (unpaired) electrons. The first-order valence-corrected chi connectivity index (χ1v) is 7.59. The normalized spacial score (nSPS) is 11.2. The maximum Gasteiger partial charge on any atom is 0.294 e. The van der Waals surface area contributed by atoms with Crippen molar-refractivity contribution < 1.29 is 18.4 Å². The van der Waals surface area contributed by atoms with Crippen molar-refractivity contribution in [1.82, 2.24) is 0 Å². The summed E-state index contributed by atoms with van der Waals surface area (Å²) in [5.74, 6) is 0.0659. The number of benzene rings is 2. The van der Waals surface area contributed by atoms with Crippen molar-refractivity contribution in [3.63, 3.8) is 0 Å². The van der Waals surface area contributed by atoms with E-state index >= 15 is 0 Å². The lowest BCUT2D eigenvalue weighted by Gasteiger charge is -2.19. The lowest BCUT2D eigenvalue weighted by atomic mass is 10.2. The molecule has 9 heteroatoms. The van der Waals surface area contributed by atoms with Gasteiger partial charge in [0.15, 0.2) is 0 Å². The van der Waals surface area contributed by atoms with Gasteiger partial charge in [-0.1, -0.05) is 0 Å². The fourth-order valence-corrected chi connectivity index (χ4v) is 2.46. The number of nitro groups is 1. The van der Waals surface area contributed by atoms with Gasteiger partial charge in [-0.05, 0) is 36.4 Å². The van der Waals surface area contributed by atoms with Crippen molar-refractivity contribution in [2.24, 2.45) is 5.14 Å². The van der Waals surface area contributed by atoms with Gasteiger partial charge in [-0.25, -0.2) is 13.6 Å². The number of anilines is 2. The van der Waals surface area contributed by atoms with Gasteiger partial charge in [-0.15, -0.1) is 0 Å². The van der Waals surface area contributed by atoms with E-state index in [-0.39, 0.29) is 22.0 Å². The Hall–Kier alpha value is -2.65. The summed E-state index contributed by atoms with van der Waals surface area (Å²) in [5.41, 5.74) is 0.398. The van der Waals surface area contributed by atoms with Gasteiger partial charge in [-0.2, -0.15) is 0 Å². The van der Waals surface area contributed by atoms with Crippen LogP contribution < -0.4 is 10.0 Å². The van der Waals surface area contributed by atoms with Crippen LogP contribution >= 0.6 is 0 Å². The lowest BCUT2D eigenvalue weighted by molar-refractivity contribution is -0.384. The zero-order valence-corrected chi connectivity index (χ0v) is 12.3. The molecular formula is C13H13N3O5S. The molecule has 0 aliphatic rings. The summed E-state index contributed by atoms with van der Waals surface area (Å²) in [4.78, 5) is 11.7. The Morgan fingerprint density at radius 3 is 2.27 bits per heavy atom. The average molecular weight is 323 g/mol. The molecule has 0 saturated heterocycles. The molecule has 0 unspecified atom stereocenters. The predicted octanol–water partition coefficient (Wildman–Crippen LogP) is 1.72. The number of nitrogens with zero attached hydrogens (tertiary/aromatic N) is 2. The Bertz CT molecular complexity index is 818. The van der Waals surface area contributed by atoms with E-state index in [4.69, 9.17) is 5.14 Å². The topological polar surface area (TPSA) is 127 Å². The predicted molar refractivity (Wildman–Crippen MR) is 80.6 cm³/mol. The maximum atomic E-state index is 11.3. The molecule has 3 N–H and O–H groups in total. The Morgan fingerprint density at radius 2 is 1.77 bits per heavy atom. The Morgan fingerprint density at radius 1 is 1.18 bits per heavy atom. The molecule has 116 valence electrons. The summed E-state index contributed by atoms with van der Waals surface area (Å²) in [7, 11) is -2.44. The van der Waals surface area contributed by atoms with Gasteiger partial charge in [0, 0.05) is 18.8 Å². The van der Waals surface area contributed by atoms with Gasteiger partial charge in [0.25, 0.3) is 5.69 Å². The number of aromatic hydroxyl groups is 1. The van der Waals surface area contributed by atoms with Crippen LogP contribution in [0.25, 0.3) is 0 Å². The quantitative estimate of drug-likeness (QED) is 0.651. The van der Waals surface area contributed by atoms with Gasteiger partial charge < -0.3 is 10.0 Å². The third kappa shape index (κ3) is 3.15. The molecule has 8 nitrogen and oxygen atoms in total. The summed E-state index contributed by atoms with van der Waals surface area (Å²) in [6.45, 7) is 0. The highest BCUT2D eigenvalue weighted by atomic mass is 32.2. The van der Waals surface area contributed by atoms with E-state index in [9.17, 15) is 23.6 Å². The number of phenolic OH excluding ortho intramolecular Hbond substituents is 1. The number of hydrogen-bond donors (Lipinski definition) is 2. The highest BCUT2D eigenvalue weighted by molar-refractivity contribution is 7.89. The van der Waals surface area contributed by atoms with Crippen molar-refractivity contribution >= 4 is 27.1 Å². The van der Waals surface area contributed by atoms with Crippen LogP contribution in [0.2, 0.25) is 0 Å². The summed E-state index contributed by atoms with van der Waals surface area (Å²) >= 11 is 0. The van der Waals surface area contributed by atoms with Crippen LogP contribution in [0.5, 0.6) is 5.75 Å². The van der Waals surface area contributed by atoms with Crippen LogP contribution in [0, 0.1) is 10.1 Å². The van der Waals surface area contributed by atoms with Gasteiger partial charge in [0.2, 0.25) is 10.0 Å². The number of phenols is 1. The molecule has 0 aliphatic carbocycles. The highest BCUT2D eigenvalue weighted by Crippen LogP contribution is 2.34. The van der Waals surface area contributed by atoms with E-state index in [2.05, 4.69) is 0 Å². The highest BCUT2D eigenvalue weighted by Gasteiger charge is 2.22. The molecule has 0 amide bonds. The van der Waals surface area contributed by atoms with E-state index in [0.717, 1.165) is 6.07 Å². The number of sulfonamides is 1. The van der Waals surface area contributed by atoms with E-state index in [0.29, 0.717) is 5.69 Å². The molecule has 0 atom stereocenters. The molecule has 0 bridgehead atoms. The van der Waals surface area contributed by atoms with Crippen LogP contribution in [0.3, 0.4) is 0 Å². The third-order valence-corrected chi connectivity index (χ3v) is 3.98. The summed E-state index contributed by atoms with van der Waals surface area (Å²) < 4.78 is 22.6. The molecule has 22 heavy (non-hydrogen) atoms. The second kappa shape index (κ2) is 5.62. The lowest BCUT2D eigenvalue weighted by Crippen LogP contribution is -2.15. The number of primary sulfonamides is 1. The van der Waals surface area contributed by atoms with Crippen molar-refractivity contribution in [2.45, 2.75) is 4.90 Å². The number of hydrogen-bond acceptors (Lipinski definition) is 6. The second-order valence-electron chi connectivity index (χ2n) is 4.53. The monoisotopic (exact) mass is 323 g/mol. The minimum Gasteiger partial charge on any atom is -0.508 e. The molecule has 0 aliphatic heterocycles. The van der Waals surface area contributed by atoms with Crippen molar-refractivity contribution in [2.75, 3.05) is 11.9 Å². The molecule has 2 aromatic carbocycles. The van der Waals surface area contributed by atoms with Crippen LogP contribution in [-0.4, -0.2) is 25.5 Å². The van der Waals surface area contributed by atoms with Crippen LogP contribution in [-0.2, 0) is 10.0 Å². The minimum atomic E-state index is -4.03.